The van der Waals surface area contributed by atoms with Crippen molar-refractivity contribution >= 4 is 12.6 Å². The predicted octanol–water partition coefficient (Wildman–Crippen LogP) is 0.421. The standard InChI is InChI=1S/C9H9BF4O4/c11-7-1-6(10(15)16)2-8(3-7)18-5-17-4-9(12,13)14/h1-3,15-16H,4-5H2. The third kappa shape index (κ3) is 5.34. The maximum Gasteiger partial charge on any atom is 0.488 e. The number of ether oxygens (including phenoxy) is 2. The summed E-state index contributed by atoms with van der Waals surface area (Å²) in [6.45, 7) is -2.22. The second-order valence-electron chi connectivity index (χ2n) is 3.32. The molecule has 0 aliphatic rings. The van der Waals surface area contributed by atoms with Gasteiger partial charge in [0.2, 0.25) is 0 Å². The highest BCUT2D eigenvalue weighted by molar-refractivity contribution is 6.58. The summed E-state index contributed by atoms with van der Waals surface area (Å²) in [4.78, 5) is 0. The largest absolute Gasteiger partial charge is 0.488 e. The minimum absolute atomic E-state index is 0.166. The van der Waals surface area contributed by atoms with Crippen LogP contribution in [0.5, 0.6) is 5.75 Å². The molecule has 0 spiro atoms. The molecular formula is C9H9BF4O4. The fourth-order valence-electron chi connectivity index (χ4n) is 1.08. The average Bonchev–Trinajstić information content (AvgIpc) is 2.22. The van der Waals surface area contributed by atoms with Crippen LogP contribution < -0.4 is 10.2 Å². The lowest BCUT2D eigenvalue weighted by atomic mass is 9.80. The van der Waals surface area contributed by atoms with E-state index in [1.54, 1.807) is 0 Å². The van der Waals surface area contributed by atoms with E-state index in [0.717, 1.165) is 18.2 Å². The van der Waals surface area contributed by atoms with E-state index in [-0.39, 0.29) is 11.2 Å². The molecule has 0 unspecified atom stereocenters. The molecule has 18 heavy (non-hydrogen) atoms. The number of hydrogen-bond donors (Lipinski definition) is 2. The quantitative estimate of drug-likeness (QED) is 0.351. The van der Waals surface area contributed by atoms with Gasteiger partial charge in [-0.25, -0.2) is 4.39 Å². The Hall–Kier alpha value is -1.32. The normalized spacial score (nSPS) is 11.4. The second kappa shape index (κ2) is 6.03. The van der Waals surface area contributed by atoms with Gasteiger partial charge in [-0.1, -0.05) is 0 Å². The van der Waals surface area contributed by atoms with Crippen LogP contribution in [0, 0.1) is 5.82 Å². The smallest absolute Gasteiger partial charge is 0.467 e. The Labute approximate surface area is 99.9 Å². The van der Waals surface area contributed by atoms with Gasteiger partial charge in [0.15, 0.2) is 6.79 Å². The SMILES string of the molecule is OB(O)c1cc(F)cc(OCOCC(F)(F)F)c1. The fraction of sp³-hybridized carbons (Fsp3) is 0.333. The summed E-state index contributed by atoms with van der Waals surface area (Å²) in [7, 11) is -1.90. The molecule has 0 aliphatic heterocycles. The molecule has 0 fully saturated rings. The molecule has 1 aromatic rings. The lowest BCUT2D eigenvalue weighted by molar-refractivity contribution is -0.186. The molecule has 2 N–H and O–H groups in total. The molecule has 0 atom stereocenters. The zero-order chi connectivity index (χ0) is 13.8. The molecule has 0 saturated heterocycles. The van der Waals surface area contributed by atoms with Crippen LogP contribution in [-0.2, 0) is 4.74 Å². The summed E-state index contributed by atoms with van der Waals surface area (Å²) in [5, 5.41) is 17.6. The number of rotatable bonds is 5. The first kappa shape index (κ1) is 14.7. The Morgan fingerprint density at radius 2 is 1.83 bits per heavy atom. The highest BCUT2D eigenvalue weighted by Crippen LogP contribution is 2.15. The van der Waals surface area contributed by atoms with E-state index in [1.165, 1.54) is 0 Å². The van der Waals surface area contributed by atoms with Crippen LogP contribution in [0.3, 0.4) is 0 Å². The van der Waals surface area contributed by atoms with Gasteiger partial charge >= 0.3 is 13.3 Å². The van der Waals surface area contributed by atoms with E-state index >= 15 is 0 Å². The second-order valence-corrected chi connectivity index (χ2v) is 3.32. The van der Waals surface area contributed by atoms with Crippen LogP contribution >= 0.6 is 0 Å². The van der Waals surface area contributed by atoms with Crippen molar-refractivity contribution in [2.45, 2.75) is 6.18 Å². The van der Waals surface area contributed by atoms with Gasteiger partial charge in [0.05, 0.1) is 0 Å². The zero-order valence-corrected chi connectivity index (χ0v) is 8.95. The molecule has 1 aromatic carbocycles. The van der Waals surface area contributed by atoms with Crippen LogP contribution in [0.25, 0.3) is 0 Å². The summed E-state index contributed by atoms with van der Waals surface area (Å²) in [5.74, 6) is -0.980. The first-order valence-electron chi connectivity index (χ1n) is 4.72. The summed E-state index contributed by atoms with van der Waals surface area (Å²) >= 11 is 0. The van der Waals surface area contributed by atoms with Gasteiger partial charge in [0, 0.05) is 6.07 Å². The summed E-state index contributed by atoms with van der Waals surface area (Å²) in [6, 6.07) is 2.81. The third-order valence-electron chi connectivity index (χ3n) is 1.77. The summed E-state index contributed by atoms with van der Waals surface area (Å²) in [5.41, 5.74) is -0.180. The lowest BCUT2D eigenvalue weighted by Crippen LogP contribution is -2.30. The van der Waals surface area contributed by atoms with Gasteiger partial charge in [-0.2, -0.15) is 13.2 Å². The molecular weight excluding hydrogens is 259 g/mol. The van der Waals surface area contributed by atoms with Gasteiger partial charge in [-0.3, -0.25) is 0 Å². The van der Waals surface area contributed by atoms with Crippen LogP contribution in [0.1, 0.15) is 0 Å². The molecule has 0 heterocycles. The maximum absolute atomic E-state index is 13.0. The molecule has 4 nitrogen and oxygen atoms in total. The number of hydrogen-bond acceptors (Lipinski definition) is 4. The molecule has 0 amide bonds. The number of benzene rings is 1. The average molecular weight is 268 g/mol. The highest BCUT2D eigenvalue weighted by Gasteiger charge is 2.27. The van der Waals surface area contributed by atoms with E-state index in [1.807, 2.05) is 0 Å². The Morgan fingerprint density at radius 3 is 2.39 bits per heavy atom. The maximum atomic E-state index is 13.0. The van der Waals surface area contributed by atoms with Crippen molar-refractivity contribution in [2.75, 3.05) is 13.4 Å². The van der Waals surface area contributed by atoms with Crippen LogP contribution in [0.4, 0.5) is 17.6 Å². The third-order valence-corrected chi connectivity index (χ3v) is 1.77. The number of halogens is 4. The van der Waals surface area contributed by atoms with Crippen molar-refractivity contribution in [3.8, 4) is 5.75 Å². The zero-order valence-electron chi connectivity index (χ0n) is 8.95. The van der Waals surface area contributed by atoms with Gasteiger partial charge in [0.1, 0.15) is 18.2 Å². The van der Waals surface area contributed by atoms with Crippen molar-refractivity contribution in [3.63, 3.8) is 0 Å². The van der Waals surface area contributed by atoms with Crippen molar-refractivity contribution in [1.82, 2.24) is 0 Å². The molecule has 0 aromatic heterocycles. The molecule has 0 saturated carbocycles. The predicted molar refractivity (Wildman–Crippen MR) is 53.7 cm³/mol. The van der Waals surface area contributed by atoms with E-state index in [9.17, 15) is 17.6 Å². The van der Waals surface area contributed by atoms with Crippen molar-refractivity contribution in [2.24, 2.45) is 0 Å². The topological polar surface area (TPSA) is 58.9 Å². The lowest BCUT2D eigenvalue weighted by Gasteiger charge is -2.10. The van der Waals surface area contributed by atoms with Crippen LogP contribution in [0.2, 0.25) is 0 Å². The molecule has 1 rings (SSSR count). The molecule has 9 heteroatoms. The van der Waals surface area contributed by atoms with Crippen LogP contribution in [-0.4, -0.2) is 36.7 Å². The first-order chi connectivity index (χ1) is 8.28. The summed E-state index contributed by atoms with van der Waals surface area (Å²) in [6.07, 6.45) is -4.47. The minimum atomic E-state index is -4.47. The van der Waals surface area contributed by atoms with Crippen molar-refractivity contribution in [3.05, 3.63) is 24.0 Å². The molecule has 0 aliphatic carbocycles. The van der Waals surface area contributed by atoms with E-state index in [2.05, 4.69) is 9.47 Å². The highest BCUT2D eigenvalue weighted by atomic mass is 19.4. The van der Waals surface area contributed by atoms with E-state index in [4.69, 9.17) is 10.0 Å². The minimum Gasteiger partial charge on any atom is -0.467 e. The molecule has 0 radical (unpaired) electrons. The van der Waals surface area contributed by atoms with Crippen molar-refractivity contribution < 1.29 is 37.1 Å². The van der Waals surface area contributed by atoms with Crippen molar-refractivity contribution in [1.29, 1.82) is 0 Å². The molecule has 100 valence electrons. The van der Waals surface area contributed by atoms with Gasteiger partial charge in [-0.05, 0) is 17.6 Å². The van der Waals surface area contributed by atoms with Gasteiger partial charge < -0.3 is 19.5 Å². The van der Waals surface area contributed by atoms with E-state index in [0.29, 0.717) is 0 Å². The Morgan fingerprint density at radius 1 is 1.17 bits per heavy atom. The van der Waals surface area contributed by atoms with Gasteiger partial charge in [0.25, 0.3) is 0 Å². The van der Waals surface area contributed by atoms with Crippen LogP contribution in [0.15, 0.2) is 18.2 Å². The first-order valence-corrected chi connectivity index (χ1v) is 4.72. The molecule has 0 bridgehead atoms. The monoisotopic (exact) mass is 268 g/mol. The fourth-order valence-corrected chi connectivity index (χ4v) is 1.08. The Kier molecular flexibility index (Phi) is 4.94. The summed E-state index contributed by atoms with van der Waals surface area (Å²) < 4.78 is 56.9. The van der Waals surface area contributed by atoms with Gasteiger partial charge in [-0.15, -0.1) is 0 Å². The Bertz CT molecular complexity index is 397. The number of alkyl halides is 3. The van der Waals surface area contributed by atoms with E-state index < -0.39 is 32.5 Å². The Balaban J connectivity index is 2.52.